The molecule has 164 valence electrons. The molecule has 0 bridgehead atoms. The third-order valence-electron chi connectivity index (χ3n) is 5.00. The number of alkyl halides is 3. The Bertz CT molecular complexity index is 1120. The van der Waals surface area contributed by atoms with Crippen LogP contribution in [0, 0.1) is 0 Å². The van der Waals surface area contributed by atoms with E-state index in [4.69, 9.17) is 0 Å². The van der Waals surface area contributed by atoms with Crippen LogP contribution in [0.5, 0.6) is 0 Å². The second-order valence-corrected chi connectivity index (χ2v) is 7.29. The smallest absolute Gasteiger partial charge is 0.391 e. The Hall–Kier alpha value is -3.25. The van der Waals surface area contributed by atoms with Gasteiger partial charge in [0.1, 0.15) is 23.4 Å². The monoisotopic (exact) mass is 436 g/mol. The summed E-state index contributed by atoms with van der Waals surface area (Å²) in [5.41, 5.74) is -0.326. The number of nitrogens with one attached hydrogen (secondary N) is 1. The predicted molar refractivity (Wildman–Crippen MR) is 103 cm³/mol. The first-order valence-corrected chi connectivity index (χ1v) is 9.41. The molecule has 3 N–H and O–H groups in total. The summed E-state index contributed by atoms with van der Waals surface area (Å²) in [6, 6.07) is 2.97. The molecule has 1 aliphatic heterocycles. The van der Waals surface area contributed by atoms with Crippen LogP contribution < -0.4 is 10.2 Å². The number of aromatic nitrogens is 4. The van der Waals surface area contributed by atoms with Gasteiger partial charge in [-0.3, -0.25) is 9.20 Å². The molecule has 3 atom stereocenters. The third-order valence-corrected chi connectivity index (χ3v) is 5.00. The van der Waals surface area contributed by atoms with E-state index in [1.165, 1.54) is 40.8 Å². The van der Waals surface area contributed by atoms with Gasteiger partial charge in [-0.25, -0.2) is 15.0 Å². The zero-order valence-corrected chi connectivity index (χ0v) is 16.3. The first-order chi connectivity index (χ1) is 14.6. The molecule has 12 heteroatoms. The van der Waals surface area contributed by atoms with Crippen molar-refractivity contribution in [2.24, 2.45) is 0 Å². The van der Waals surface area contributed by atoms with E-state index in [1.54, 1.807) is 0 Å². The Labute approximate surface area is 174 Å². The van der Waals surface area contributed by atoms with Crippen molar-refractivity contribution in [3.8, 4) is 11.5 Å². The van der Waals surface area contributed by atoms with Crippen LogP contribution in [-0.2, 0) is 11.0 Å². The van der Waals surface area contributed by atoms with Gasteiger partial charge >= 0.3 is 6.18 Å². The lowest BCUT2D eigenvalue weighted by Gasteiger charge is -2.41. The summed E-state index contributed by atoms with van der Waals surface area (Å²) >= 11 is 0. The first kappa shape index (κ1) is 21.0. The summed E-state index contributed by atoms with van der Waals surface area (Å²) in [6.45, 7) is 1.36. The standard InChI is InChI=1S/C19H19F3N6O3/c1-10(29)25-13-6-12(30)9-28(18(13)31)16-4-5-23-17(26-16)14-7-24-15-3-2-11(8-27(14)15)19(20,21)22/h2-5,7-8,12-13,18,30-31H,6,9H2,1H3,(H,25,29)/t12-,13-,18?/m0/s1. The summed E-state index contributed by atoms with van der Waals surface area (Å²) in [5.74, 6) is -0.0196. The number of pyridine rings is 1. The Morgan fingerprint density at radius 2 is 2.00 bits per heavy atom. The van der Waals surface area contributed by atoms with Crippen molar-refractivity contribution in [1.29, 1.82) is 0 Å². The minimum absolute atomic E-state index is 0.0546. The number of hydrogen-bond acceptors (Lipinski definition) is 7. The molecule has 1 saturated heterocycles. The van der Waals surface area contributed by atoms with Crippen LogP contribution in [0.1, 0.15) is 18.9 Å². The number of imidazole rings is 1. The topological polar surface area (TPSA) is 116 Å². The van der Waals surface area contributed by atoms with Crippen molar-refractivity contribution < 1.29 is 28.2 Å². The number of halogens is 3. The van der Waals surface area contributed by atoms with Crippen molar-refractivity contribution in [3.05, 3.63) is 42.4 Å². The number of rotatable bonds is 3. The van der Waals surface area contributed by atoms with E-state index < -0.39 is 30.1 Å². The number of amides is 1. The number of β-amino-alcohol motifs (C(OH)–C–C–N with tert-alkyl or cyclic N) is 1. The van der Waals surface area contributed by atoms with Gasteiger partial charge in [0.25, 0.3) is 0 Å². The second kappa shape index (κ2) is 7.78. The molecule has 4 heterocycles. The molecule has 1 amide bonds. The molecule has 1 unspecified atom stereocenters. The Morgan fingerprint density at radius 1 is 1.23 bits per heavy atom. The molecule has 0 aromatic carbocycles. The molecule has 31 heavy (non-hydrogen) atoms. The molecule has 0 spiro atoms. The maximum absolute atomic E-state index is 13.1. The SMILES string of the molecule is CC(=O)N[C@H]1C[C@H](O)CN(c2ccnc(-c3cnc4ccc(C(F)(F)F)cn34)n2)C1O. The molecule has 0 radical (unpaired) electrons. The van der Waals surface area contributed by atoms with Crippen LogP contribution >= 0.6 is 0 Å². The molecule has 3 aromatic heterocycles. The van der Waals surface area contributed by atoms with Crippen molar-refractivity contribution >= 4 is 17.4 Å². The number of carbonyl (C=O) groups excluding carboxylic acids is 1. The zero-order valence-electron chi connectivity index (χ0n) is 16.3. The highest BCUT2D eigenvalue weighted by Crippen LogP contribution is 2.31. The van der Waals surface area contributed by atoms with Gasteiger partial charge in [-0.2, -0.15) is 13.2 Å². The van der Waals surface area contributed by atoms with Gasteiger partial charge in [-0.1, -0.05) is 0 Å². The van der Waals surface area contributed by atoms with E-state index in [0.29, 0.717) is 0 Å². The number of carbonyl (C=O) groups is 1. The molecule has 1 aliphatic rings. The fourth-order valence-corrected chi connectivity index (χ4v) is 3.61. The predicted octanol–water partition coefficient (Wildman–Crippen LogP) is 1.20. The van der Waals surface area contributed by atoms with Crippen molar-refractivity contribution in [2.75, 3.05) is 11.4 Å². The number of piperidine rings is 1. The number of nitrogens with zero attached hydrogens (tertiary/aromatic N) is 5. The minimum atomic E-state index is -4.52. The lowest BCUT2D eigenvalue weighted by Crippen LogP contribution is -2.59. The van der Waals surface area contributed by atoms with Crippen LogP contribution in [0.3, 0.4) is 0 Å². The highest BCUT2D eigenvalue weighted by molar-refractivity contribution is 5.73. The Balaban J connectivity index is 1.71. The third kappa shape index (κ3) is 4.16. The van der Waals surface area contributed by atoms with Gasteiger partial charge in [0, 0.05) is 25.9 Å². The average Bonchev–Trinajstić information content (AvgIpc) is 3.13. The zero-order chi connectivity index (χ0) is 22.3. The first-order valence-electron chi connectivity index (χ1n) is 9.41. The normalized spacial score (nSPS) is 22.0. The molecule has 0 aliphatic carbocycles. The summed E-state index contributed by atoms with van der Waals surface area (Å²) in [7, 11) is 0. The largest absolute Gasteiger partial charge is 0.417 e. The fraction of sp³-hybridized carbons (Fsp3) is 0.368. The maximum Gasteiger partial charge on any atom is 0.417 e. The molecule has 9 nitrogen and oxygen atoms in total. The van der Waals surface area contributed by atoms with Gasteiger partial charge in [-0.15, -0.1) is 0 Å². The molecule has 1 fully saturated rings. The van der Waals surface area contributed by atoms with Crippen LogP contribution in [0.15, 0.2) is 36.8 Å². The number of aliphatic hydroxyl groups excluding tert-OH is 2. The van der Waals surface area contributed by atoms with Gasteiger partial charge in [0.2, 0.25) is 5.91 Å². The Morgan fingerprint density at radius 3 is 2.71 bits per heavy atom. The molecule has 0 saturated carbocycles. The second-order valence-electron chi connectivity index (χ2n) is 7.29. The van der Waals surface area contributed by atoms with Crippen LogP contribution in [0.4, 0.5) is 19.0 Å². The summed E-state index contributed by atoms with van der Waals surface area (Å²) in [5, 5.41) is 23.4. The molecular formula is C19H19F3N6O3. The number of aliphatic hydroxyl groups is 2. The highest BCUT2D eigenvalue weighted by Gasteiger charge is 2.36. The molecular weight excluding hydrogens is 417 g/mol. The number of anilines is 1. The maximum atomic E-state index is 13.1. The quantitative estimate of drug-likeness (QED) is 0.565. The van der Waals surface area contributed by atoms with E-state index in [2.05, 4.69) is 20.3 Å². The average molecular weight is 436 g/mol. The fourth-order valence-electron chi connectivity index (χ4n) is 3.61. The number of fused-ring (bicyclic) bond motifs is 1. The summed E-state index contributed by atoms with van der Waals surface area (Å²) in [4.78, 5) is 25.4. The lowest BCUT2D eigenvalue weighted by molar-refractivity contribution is -0.137. The van der Waals surface area contributed by atoms with E-state index in [1.807, 2.05) is 0 Å². The van der Waals surface area contributed by atoms with Crippen LogP contribution in [-0.4, -0.2) is 60.4 Å². The van der Waals surface area contributed by atoms with Crippen LogP contribution in [0.2, 0.25) is 0 Å². The molecule has 3 aromatic rings. The van der Waals surface area contributed by atoms with Gasteiger partial charge in [-0.05, 0) is 24.6 Å². The molecule has 4 rings (SSSR count). The Kier molecular flexibility index (Phi) is 5.27. The highest BCUT2D eigenvalue weighted by atomic mass is 19.4. The van der Waals surface area contributed by atoms with E-state index in [-0.39, 0.29) is 41.9 Å². The van der Waals surface area contributed by atoms with Crippen LogP contribution in [0.25, 0.3) is 17.2 Å². The van der Waals surface area contributed by atoms with Crippen molar-refractivity contribution in [2.45, 2.75) is 37.9 Å². The van der Waals surface area contributed by atoms with Gasteiger partial charge in [0.05, 0.1) is 23.9 Å². The van der Waals surface area contributed by atoms with Crippen molar-refractivity contribution in [1.82, 2.24) is 24.7 Å². The van der Waals surface area contributed by atoms with Crippen molar-refractivity contribution in [3.63, 3.8) is 0 Å². The van der Waals surface area contributed by atoms with Gasteiger partial charge in [0.15, 0.2) is 5.82 Å². The van der Waals surface area contributed by atoms with E-state index in [0.717, 1.165) is 12.3 Å². The summed E-state index contributed by atoms with van der Waals surface area (Å²) < 4.78 is 40.6. The number of hydrogen-bond donors (Lipinski definition) is 3. The van der Waals surface area contributed by atoms with E-state index in [9.17, 15) is 28.2 Å². The van der Waals surface area contributed by atoms with E-state index >= 15 is 0 Å². The lowest BCUT2D eigenvalue weighted by atomic mass is 10.0. The summed E-state index contributed by atoms with van der Waals surface area (Å²) in [6.07, 6.45) is -2.67. The minimum Gasteiger partial charge on any atom is -0.391 e. The van der Waals surface area contributed by atoms with Gasteiger partial charge < -0.3 is 20.4 Å².